The zero-order chi connectivity index (χ0) is 26.8. The molecule has 0 atom stereocenters. The number of nitrogens with zero attached hydrogens (tertiary/aromatic N) is 1. The Morgan fingerprint density at radius 1 is 1.00 bits per heavy atom. The third-order valence-electron chi connectivity index (χ3n) is 5.24. The first-order valence-electron chi connectivity index (χ1n) is 11.3. The maximum absolute atomic E-state index is 12.8. The van der Waals surface area contributed by atoms with Gasteiger partial charge in [0.1, 0.15) is 29.7 Å². The second-order valence-electron chi connectivity index (χ2n) is 7.71. The summed E-state index contributed by atoms with van der Waals surface area (Å²) >= 11 is 12.4. The van der Waals surface area contributed by atoms with Crippen molar-refractivity contribution in [2.24, 2.45) is 0 Å². The van der Waals surface area contributed by atoms with Crippen molar-refractivity contribution < 1.29 is 23.7 Å². The molecule has 0 aliphatic carbocycles. The van der Waals surface area contributed by atoms with Crippen molar-refractivity contribution in [2.45, 2.75) is 20.1 Å². The molecular weight excluding hydrogens is 515 g/mol. The van der Waals surface area contributed by atoms with E-state index in [0.29, 0.717) is 40.2 Å². The fourth-order valence-corrected chi connectivity index (χ4v) is 3.79. The number of hydrogen-bond acceptors (Lipinski definition) is 6. The highest BCUT2D eigenvalue weighted by Crippen LogP contribution is 2.38. The smallest absolute Gasteiger partial charge is 0.262 e. The third kappa shape index (κ3) is 7.56. The lowest BCUT2D eigenvalue weighted by Gasteiger charge is -2.15. The van der Waals surface area contributed by atoms with Crippen LogP contribution in [0.5, 0.6) is 23.0 Å². The van der Waals surface area contributed by atoms with E-state index in [1.807, 2.05) is 25.1 Å². The van der Waals surface area contributed by atoms with E-state index in [0.717, 1.165) is 11.1 Å². The Morgan fingerprint density at radius 2 is 1.76 bits per heavy atom. The quantitative estimate of drug-likeness (QED) is 0.229. The first-order valence-corrected chi connectivity index (χ1v) is 12.1. The van der Waals surface area contributed by atoms with Gasteiger partial charge in [0, 0.05) is 23.2 Å². The number of hydrogen-bond donors (Lipinski definition) is 1. The molecule has 0 spiro atoms. The Morgan fingerprint density at radius 3 is 2.41 bits per heavy atom. The maximum atomic E-state index is 12.8. The highest BCUT2D eigenvalue weighted by molar-refractivity contribution is 6.32. The van der Waals surface area contributed by atoms with Gasteiger partial charge in [0.15, 0.2) is 11.5 Å². The zero-order valence-corrected chi connectivity index (χ0v) is 22.2. The predicted octanol–water partition coefficient (Wildman–Crippen LogP) is 6.21. The molecule has 0 saturated carbocycles. The molecule has 0 aliphatic heterocycles. The second-order valence-corrected chi connectivity index (χ2v) is 8.55. The molecule has 0 heterocycles. The molecule has 9 heteroatoms. The van der Waals surface area contributed by atoms with Gasteiger partial charge in [0.25, 0.3) is 5.91 Å². The molecular formula is C28H26Cl2N2O5. The van der Waals surface area contributed by atoms with Crippen LogP contribution in [0, 0.1) is 11.3 Å². The van der Waals surface area contributed by atoms with Gasteiger partial charge in [-0.15, -0.1) is 0 Å². The molecule has 1 amide bonds. The molecule has 0 bridgehead atoms. The molecule has 0 fully saturated rings. The number of amides is 1. The number of benzene rings is 3. The first kappa shape index (κ1) is 27.7. The van der Waals surface area contributed by atoms with Gasteiger partial charge in [-0.3, -0.25) is 4.79 Å². The van der Waals surface area contributed by atoms with Crippen LogP contribution in [-0.4, -0.2) is 26.7 Å². The Hall–Kier alpha value is -3.86. The van der Waals surface area contributed by atoms with Crippen LogP contribution in [0.3, 0.4) is 0 Å². The van der Waals surface area contributed by atoms with Crippen LogP contribution in [0.2, 0.25) is 10.0 Å². The summed E-state index contributed by atoms with van der Waals surface area (Å²) in [7, 11) is 3.09. The van der Waals surface area contributed by atoms with Gasteiger partial charge in [-0.25, -0.2) is 0 Å². The van der Waals surface area contributed by atoms with Gasteiger partial charge in [0.05, 0.1) is 25.8 Å². The number of nitriles is 1. The van der Waals surface area contributed by atoms with Gasteiger partial charge in [-0.05, 0) is 60.5 Å². The largest absolute Gasteiger partial charge is 0.497 e. The highest BCUT2D eigenvalue weighted by atomic mass is 35.5. The minimum atomic E-state index is -0.544. The normalized spacial score (nSPS) is 10.9. The molecule has 0 saturated heterocycles. The van der Waals surface area contributed by atoms with Gasteiger partial charge in [-0.2, -0.15) is 5.26 Å². The Bertz CT molecular complexity index is 1320. The number of carbonyl (C=O) groups is 1. The zero-order valence-electron chi connectivity index (χ0n) is 20.6. The van der Waals surface area contributed by atoms with E-state index in [1.54, 1.807) is 49.6 Å². The average Bonchev–Trinajstić information content (AvgIpc) is 2.90. The SMILES string of the molecule is CCOc1cc(/C=C(\C#N)C(=O)NCc2ccc(OC)cc2OC)cc(Cl)c1OCc1ccc(Cl)cc1. The topological polar surface area (TPSA) is 89.8 Å². The van der Waals surface area contributed by atoms with Crippen LogP contribution in [0.4, 0.5) is 0 Å². The number of rotatable bonds is 11. The summed E-state index contributed by atoms with van der Waals surface area (Å²) in [6.07, 6.45) is 1.44. The fourth-order valence-electron chi connectivity index (χ4n) is 3.39. The molecule has 192 valence electrons. The van der Waals surface area contributed by atoms with E-state index in [-0.39, 0.29) is 23.7 Å². The highest BCUT2D eigenvalue weighted by Gasteiger charge is 2.15. The van der Waals surface area contributed by atoms with E-state index in [4.69, 9.17) is 42.1 Å². The van der Waals surface area contributed by atoms with Crippen LogP contribution in [0.15, 0.2) is 60.2 Å². The minimum Gasteiger partial charge on any atom is -0.497 e. The van der Waals surface area contributed by atoms with Crippen LogP contribution in [-0.2, 0) is 17.9 Å². The summed E-state index contributed by atoms with van der Waals surface area (Å²) in [5, 5.41) is 13.3. The number of nitrogens with one attached hydrogen (secondary N) is 1. The molecule has 0 unspecified atom stereocenters. The first-order chi connectivity index (χ1) is 17.9. The van der Waals surface area contributed by atoms with Crippen molar-refractivity contribution in [1.29, 1.82) is 5.26 Å². The van der Waals surface area contributed by atoms with Crippen molar-refractivity contribution in [3.05, 3.63) is 86.9 Å². The van der Waals surface area contributed by atoms with Crippen LogP contribution >= 0.6 is 23.2 Å². The number of ether oxygens (including phenoxy) is 4. The third-order valence-corrected chi connectivity index (χ3v) is 5.77. The molecule has 3 rings (SSSR count). The summed E-state index contributed by atoms with van der Waals surface area (Å²) in [6.45, 7) is 2.62. The maximum Gasteiger partial charge on any atom is 0.262 e. The second kappa shape index (κ2) is 13.4. The van der Waals surface area contributed by atoms with Crippen molar-refractivity contribution in [3.8, 4) is 29.1 Å². The number of carbonyl (C=O) groups excluding carboxylic acids is 1. The Kier molecular flexibility index (Phi) is 10.1. The summed E-state index contributed by atoms with van der Waals surface area (Å²) < 4.78 is 22.2. The molecule has 3 aromatic rings. The fraction of sp³-hybridized carbons (Fsp3) is 0.214. The molecule has 1 N–H and O–H groups in total. The van der Waals surface area contributed by atoms with Crippen molar-refractivity contribution in [3.63, 3.8) is 0 Å². The lowest BCUT2D eigenvalue weighted by Crippen LogP contribution is -2.24. The number of halogens is 2. The van der Waals surface area contributed by atoms with Crippen molar-refractivity contribution >= 4 is 35.2 Å². The lowest BCUT2D eigenvalue weighted by atomic mass is 10.1. The Labute approximate surface area is 226 Å². The Balaban J connectivity index is 1.78. The number of methoxy groups -OCH3 is 2. The predicted molar refractivity (Wildman–Crippen MR) is 143 cm³/mol. The van der Waals surface area contributed by atoms with E-state index < -0.39 is 5.91 Å². The van der Waals surface area contributed by atoms with Gasteiger partial charge >= 0.3 is 0 Å². The summed E-state index contributed by atoms with van der Waals surface area (Å²) in [5.41, 5.74) is 2.06. The van der Waals surface area contributed by atoms with Gasteiger partial charge < -0.3 is 24.3 Å². The summed E-state index contributed by atoms with van der Waals surface area (Å²) in [5.74, 6) is 1.41. The monoisotopic (exact) mass is 540 g/mol. The van der Waals surface area contributed by atoms with Crippen LogP contribution < -0.4 is 24.3 Å². The molecule has 0 aromatic heterocycles. The standard InChI is InChI=1S/C28H26Cl2N2O5/c1-4-36-26-13-19(12-24(30)27(26)37-17-18-5-8-22(29)9-6-18)11-21(15-31)28(33)32-16-20-7-10-23(34-2)14-25(20)35-3/h5-14H,4,16-17H2,1-3H3,(H,32,33)/b21-11+. The van der Waals surface area contributed by atoms with E-state index in [9.17, 15) is 10.1 Å². The van der Waals surface area contributed by atoms with E-state index in [1.165, 1.54) is 13.2 Å². The van der Waals surface area contributed by atoms with Crippen molar-refractivity contribution in [2.75, 3.05) is 20.8 Å². The lowest BCUT2D eigenvalue weighted by molar-refractivity contribution is -0.117. The molecule has 0 aliphatic rings. The molecule has 37 heavy (non-hydrogen) atoms. The molecule has 0 radical (unpaired) electrons. The van der Waals surface area contributed by atoms with E-state index >= 15 is 0 Å². The van der Waals surface area contributed by atoms with Crippen LogP contribution in [0.25, 0.3) is 6.08 Å². The average molecular weight is 541 g/mol. The van der Waals surface area contributed by atoms with Crippen molar-refractivity contribution in [1.82, 2.24) is 5.32 Å². The van der Waals surface area contributed by atoms with Gasteiger partial charge in [-0.1, -0.05) is 35.3 Å². The summed E-state index contributed by atoms with van der Waals surface area (Å²) in [6, 6.07) is 17.7. The van der Waals surface area contributed by atoms with E-state index in [2.05, 4.69) is 5.32 Å². The minimum absolute atomic E-state index is 0.0965. The molecule has 7 nitrogen and oxygen atoms in total. The van der Waals surface area contributed by atoms with Crippen LogP contribution in [0.1, 0.15) is 23.6 Å². The van der Waals surface area contributed by atoms with Gasteiger partial charge in [0.2, 0.25) is 0 Å². The molecule has 3 aromatic carbocycles. The summed E-state index contributed by atoms with van der Waals surface area (Å²) in [4.78, 5) is 12.8.